The highest BCUT2D eigenvalue weighted by Gasteiger charge is 2.29. The molecule has 0 spiro atoms. The van der Waals surface area contributed by atoms with E-state index in [0.29, 0.717) is 22.9 Å². The number of ketones is 1. The second kappa shape index (κ2) is 8.18. The van der Waals surface area contributed by atoms with Crippen LogP contribution in [0.3, 0.4) is 0 Å². The maximum atomic E-state index is 13.0. The molecule has 8 heteroatoms. The van der Waals surface area contributed by atoms with Crippen molar-refractivity contribution in [3.63, 3.8) is 0 Å². The summed E-state index contributed by atoms with van der Waals surface area (Å²) in [5, 5.41) is 13.4. The lowest BCUT2D eigenvalue weighted by Crippen LogP contribution is -2.42. The number of aliphatic hydroxyl groups excluding tert-OH is 1. The number of thioether (sulfide) groups is 1. The van der Waals surface area contributed by atoms with Gasteiger partial charge < -0.3 is 14.8 Å². The van der Waals surface area contributed by atoms with Gasteiger partial charge >= 0.3 is 0 Å². The van der Waals surface area contributed by atoms with Crippen LogP contribution in [-0.4, -0.2) is 53.2 Å². The molecule has 144 valence electrons. The number of likely N-dealkylation sites (tertiary alicyclic amines) is 1. The summed E-state index contributed by atoms with van der Waals surface area (Å²) in [5.41, 5.74) is 1.63. The minimum absolute atomic E-state index is 0.149. The molecule has 1 saturated heterocycles. The van der Waals surface area contributed by atoms with Crippen molar-refractivity contribution in [1.82, 2.24) is 4.90 Å². The zero-order chi connectivity index (χ0) is 18.8. The number of nitrogens with zero attached hydrogens (tertiary/aromatic N) is 1. The lowest BCUT2D eigenvalue weighted by molar-refractivity contribution is -0.117. The summed E-state index contributed by atoms with van der Waals surface area (Å²) < 4.78 is 5.30. The van der Waals surface area contributed by atoms with E-state index in [-0.39, 0.29) is 24.3 Å². The van der Waals surface area contributed by atoms with Gasteiger partial charge in [-0.25, -0.2) is 0 Å². The number of hydrogen-bond donors (Lipinski definition) is 2. The molecule has 27 heavy (non-hydrogen) atoms. The number of anilines is 1. The maximum Gasteiger partial charge on any atom is 0.239 e. The van der Waals surface area contributed by atoms with Gasteiger partial charge in [-0.2, -0.15) is 11.8 Å². The first-order valence-corrected chi connectivity index (χ1v) is 11.1. The standard InChI is InChI=1S/C19H22N2O4S2/c22-12-3-1-6-21(9-12)10-16(23)20-19-17(18(24)14-4-2-7-25-14)13-5-8-26-11-15(13)27-19/h2,4,7,12,22H,1,3,5-6,8-11H2,(H,20,23). The van der Waals surface area contributed by atoms with Gasteiger partial charge in [0, 0.05) is 17.2 Å². The average Bonchev–Trinajstić information content (AvgIpc) is 3.29. The van der Waals surface area contributed by atoms with Gasteiger partial charge in [0.15, 0.2) is 5.76 Å². The molecule has 0 radical (unpaired) electrons. The first-order chi connectivity index (χ1) is 13.1. The molecule has 1 unspecified atom stereocenters. The molecule has 2 aromatic rings. The van der Waals surface area contributed by atoms with Crippen molar-refractivity contribution in [2.24, 2.45) is 0 Å². The fourth-order valence-corrected chi connectivity index (χ4v) is 6.03. The molecule has 0 aliphatic carbocycles. The molecule has 2 N–H and O–H groups in total. The zero-order valence-corrected chi connectivity index (χ0v) is 16.5. The number of thiophene rings is 1. The Balaban J connectivity index is 1.55. The monoisotopic (exact) mass is 406 g/mol. The largest absolute Gasteiger partial charge is 0.461 e. The number of amides is 1. The highest BCUT2D eigenvalue weighted by atomic mass is 32.2. The second-order valence-electron chi connectivity index (χ2n) is 6.90. The Morgan fingerprint density at radius 1 is 1.41 bits per heavy atom. The highest BCUT2D eigenvalue weighted by Crippen LogP contribution is 2.40. The van der Waals surface area contributed by atoms with E-state index in [9.17, 15) is 14.7 Å². The van der Waals surface area contributed by atoms with E-state index in [1.807, 2.05) is 16.7 Å². The van der Waals surface area contributed by atoms with Crippen molar-refractivity contribution in [3.8, 4) is 0 Å². The van der Waals surface area contributed by atoms with Crippen molar-refractivity contribution in [1.29, 1.82) is 0 Å². The van der Waals surface area contributed by atoms with Crippen LogP contribution in [0.25, 0.3) is 0 Å². The fraction of sp³-hybridized carbons (Fsp3) is 0.474. The van der Waals surface area contributed by atoms with Crippen LogP contribution in [-0.2, 0) is 17.0 Å². The average molecular weight is 407 g/mol. The molecular formula is C19H22N2O4S2. The smallest absolute Gasteiger partial charge is 0.239 e. The molecule has 6 nitrogen and oxygen atoms in total. The normalized spacial score (nSPS) is 20.3. The Hall–Kier alpha value is -1.61. The van der Waals surface area contributed by atoms with Crippen LogP contribution in [0.1, 0.15) is 39.4 Å². The van der Waals surface area contributed by atoms with Crippen LogP contribution in [0.5, 0.6) is 0 Å². The van der Waals surface area contributed by atoms with Gasteiger partial charge in [0.2, 0.25) is 11.7 Å². The van der Waals surface area contributed by atoms with Crippen molar-refractivity contribution < 1.29 is 19.1 Å². The predicted molar refractivity (Wildman–Crippen MR) is 107 cm³/mol. The number of hydrogen-bond acceptors (Lipinski definition) is 7. The summed E-state index contributed by atoms with van der Waals surface area (Å²) >= 11 is 3.34. The van der Waals surface area contributed by atoms with E-state index >= 15 is 0 Å². The number of carbonyl (C=O) groups is 2. The van der Waals surface area contributed by atoms with E-state index in [1.165, 1.54) is 17.6 Å². The van der Waals surface area contributed by atoms with Gasteiger partial charge in [0.05, 0.1) is 24.5 Å². The third kappa shape index (κ3) is 4.13. The van der Waals surface area contributed by atoms with Crippen LogP contribution in [0, 0.1) is 0 Å². The van der Waals surface area contributed by atoms with Gasteiger partial charge in [-0.05, 0) is 49.3 Å². The van der Waals surface area contributed by atoms with Crippen LogP contribution in [0.4, 0.5) is 5.00 Å². The van der Waals surface area contributed by atoms with E-state index in [2.05, 4.69) is 5.32 Å². The van der Waals surface area contributed by atoms with Crippen LogP contribution >= 0.6 is 23.1 Å². The molecule has 4 heterocycles. The molecule has 1 fully saturated rings. The van der Waals surface area contributed by atoms with E-state index < -0.39 is 0 Å². The molecule has 4 rings (SSSR count). The first kappa shape index (κ1) is 18.7. The van der Waals surface area contributed by atoms with Crippen molar-refractivity contribution in [3.05, 3.63) is 40.2 Å². The molecule has 0 aromatic carbocycles. The SMILES string of the molecule is O=C(CN1CCCC(O)C1)Nc1sc2c(c1C(=O)c1ccco1)CCSC2. The molecular weight excluding hydrogens is 384 g/mol. The second-order valence-corrected chi connectivity index (χ2v) is 9.11. The summed E-state index contributed by atoms with van der Waals surface area (Å²) in [6, 6.07) is 3.35. The lowest BCUT2D eigenvalue weighted by Gasteiger charge is -2.29. The maximum absolute atomic E-state index is 13.0. The summed E-state index contributed by atoms with van der Waals surface area (Å²) in [4.78, 5) is 28.7. The van der Waals surface area contributed by atoms with Gasteiger partial charge in [-0.1, -0.05) is 0 Å². The highest BCUT2D eigenvalue weighted by molar-refractivity contribution is 7.98. The molecule has 0 saturated carbocycles. The van der Waals surface area contributed by atoms with E-state index in [1.54, 1.807) is 12.1 Å². The summed E-state index contributed by atoms with van der Waals surface area (Å²) in [7, 11) is 0. The number of rotatable bonds is 5. The third-order valence-electron chi connectivity index (χ3n) is 4.89. The molecule has 1 amide bonds. The number of furan rings is 1. The van der Waals surface area contributed by atoms with Crippen molar-refractivity contribution in [2.75, 3.05) is 30.7 Å². The Bertz CT molecular complexity index is 831. The lowest BCUT2D eigenvalue weighted by atomic mass is 10.0. The topological polar surface area (TPSA) is 82.8 Å². The number of nitrogens with one attached hydrogen (secondary N) is 1. The van der Waals surface area contributed by atoms with Gasteiger partial charge in [0.25, 0.3) is 0 Å². The Morgan fingerprint density at radius 3 is 3.07 bits per heavy atom. The Kier molecular flexibility index (Phi) is 5.68. The Morgan fingerprint density at radius 2 is 2.30 bits per heavy atom. The zero-order valence-electron chi connectivity index (χ0n) is 14.9. The van der Waals surface area contributed by atoms with Gasteiger partial charge in [-0.3, -0.25) is 14.5 Å². The van der Waals surface area contributed by atoms with Crippen LogP contribution in [0.15, 0.2) is 22.8 Å². The number of piperidine rings is 1. The van der Waals surface area contributed by atoms with E-state index in [0.717, 1.165) is 47.8 Å². The van der Waals surface area contributed by atoms with E-state index in [4.69, 9.17) is 4.42 Å². The van der Waals surface area contributed by atoms with Crippen molar-refractivity contribution >= 4 is 39.8 Å². The quantitative estimate of drug-likeness (QED) is 0.743. The first-order valence-electron chi connectivity index (χ1n) is 9.12. The third-order valence-corrected chi connectivity index (χ3v) is 7.21. The van der Waals surface area contributed by atoms with Gasteiger partial charge in [0.1, 0.15) is 5.00 Å². The number of aliphatic hydroxyl groups is 1. The minimum atomic E-state index is -0.367. The summed E-state index contributed by atoms with van der Waals surface area (Å²) in [5.74, 6) is 1.81. The summed E-state index contributed by atoms with van der Waals surface area (Å²) in [6.45, 7) is 1.55. The van der Waals surface area contributed by atoms with Crippen molar-refractivity contribution in [2.45, 2.75) is 31.1 Å². The van der Waals surface area contributed by atoms with Crippen LogP contribution in [0.2, 0.25) is 0 Å². The molecule has 2 aromatic heterocycles. The molecule has 2 aliphatic rings. The van der Waals surface area contributed by atoms with Crippen LogP contribution < -0.4 is 5.32 Å². The number of carbonyl (C=O) groups excluding carboxylic acids is 2. The predicted octanol–water partition coefficient (Wildman–Crippen LogP) is 2.76. The number of β-amino-alcohol motifs (C(OH)–C–C–N with tert-alkyl or cyclic N) is 1. The Labute approximate surface area is 165 Å². The minimum Gasteiger partial charge on any atom is -0.461 e. The molecule has 1 atom stereocenters. The fourth-order valence-electron chi connectivity index (χ4n) is 3.64. The van der Waals surface area contributed by atoms with Gasteiger partial charge in [-0.15, -0.1) is 11.3 Å². The number of fused-ring (bicyclic) bond motifs is 1. The summed E-state index contributed by atoms with van der Waals surface area (Å²) in [6.07, 6.45) is 3.62. The molecule has 0 bridgehead atoms. The molecule has 2 aliphatic heterocycles.